The monoisotopic (exact) mass is 886 g/mol. The summed E-state index contributed by atoms with van der Waals surface area (Å²) < 4.78 is 23.6. The van der Waals surface area contributed by atoms with Crippen LogP contribution in [0, 0.1) is 0 Å². The standard InChI is InChI=1S/C53H93N2O6P/c1-6-8-10-12-14-16-18-19-20-21-22-23-24-25-26-27-28-29-30-31-32-33-34-35-37-39-41-43-45-47-53(57)54-51(50-61-62(58,59)60-49-48-55(3,4)5)52(56)46-44-42-40-38-36-17-15-13-11-9-7-2/h8,10,14,16,19-20,22-23,25-26,28-29,31-32,44,46,51-52,56H,6-7,9,11-13,15,17-18,21,24,27,30,33-43,45,47-50H2,1-5H3,(H-,54,57,58,59)/p+1/b10-8-,16-14-,20-19-,23-22-,26-25-,29-28-,32-31-,46-44+. The Kier molecular flexibility index (Phi) is 41.8. The maximum absolute atomic E-state index is 12.9. The van der Waals surface area contributed by atoms with Gasteiger partial charge in [-0.25, -0.2) is 4.57 Å². The van der Waals surface area contributed by atoms with E-state index in [9.17, 15) is 19.4 Å². The summed E-state index contributed by atoms with van der Waals surface area (Å²) in [5.41, 5.74) is 0. The lowest BCUT2D eigenvalue weighted by atomic mass is 10.1. The number of hydrogen-bond acceptors (Lipinski definition) is 5. The largest absolute Gasteiger partial charge is 0.472 e. The molecule has 1 amide bonds. The average Bonchev–Trinajstić information content (AvgIpc) is 3.23. The molecule has 0 saturated carbocycles. The Hall–Kier alpha value is -2.58. The van der Waals surface area contributed by atoms with Gasteiger partial charge in [-0.1, -0.05) is 195 Å². The van der Waals surface area contributed by atoms with Crippen LogP contribution in [0.15, 0.2) is 97.2 Å². The lowest BCUT2D eigenvalue weighted by Gasteiger charge is -2.25. The molecule has 0 saturated heterocycles. The van der Waals surface area contributed by atoms with Gasteiger partial charge in [-0.05, 0) is 77.0 Å². The van der Waals surface area contributed by atoms with Gasteiger partial charge in [0.2, 0.25) is 5.91 Å². The summed E-state index contributed by atoms with van der Waals surface area (Å²) in [6, 6.07) is -0.857. The molecule has 0 rings (SSSR count). The predicted molar refractivity (Wildman–Crippen MR) is 267 cm³/mol. The van der Waals surface area contributed by atoms with Gasteiger partial charge in [0, 0.05) is 6.42 Å². The van der Waals surface area contributed by atoms with Crippen LogP contribution < -0.4 is 5.32 Å². The highest BCUT2D eigenvalue weighted by Gasteiger charge is 2.27. The molecule has 0 aliphatic heterocycles. The van der Waals surface area contributed by atoms with Gasteiger partial charge in [-0.15, -0.1) is 0 Å². The number of nitrogens with zero attached hydrogens (tertiary/aromatic N) is 1. The van der Waals surface area contributed by atoms with E-state index >= 15 is 0 Å². The number of quaternary nitrogens is 1. The highest BCUT2D eigenvalue weighted by molar-refractivity contribution is 7.47. The Labute approximate surface area is 381 Å². The van der Waals surface area contributed by atoms with E-state index in [0.29, 0.717) is 17.4 Å². The smallest absolute Gasteiger partial charge is 0.387 e. The van der Waals surface area contributed by atoms with Crippen molar-refractivity contribution in [1.29, 1.82) is 0 Å². The number of rotatable bonds is 43. The van der Waals surface area contributed by atoms with Crippen molar-refractivity contribution < 1.29 is 32.9 Å². The van der Waals surface area contributed by atoms with Gasteiger partial charge in [0.25, 0.3) is 0 Å². The Morgan fingerprint density at radius 1 is 0.565 bits per heavy atom. The van der Waals surface area contributed by atoms with Crippen LogP contribution in [0.5, 0.6) is 0 Å². The predicted octanol–water partition coefficient (Wildman–Crippen LogP) is 14.3. The maximum Gasteiger partial charge on any atom is 0.472 e. The third kappa shape index (κ3) is 45.4. The van der Waals surface area contributed by atoms with Gasteiger partial charge in [0.15, 0.2) is 0 Å². The molecule has 0 fully saturated rings. The van der Waals surface area contributed by atoms with Crippen molar-refractivity contribution in [2.45, 2.75) is 193 Å². The molecule has 0 aromatic carbocycles. The van der Waals surface area contributed by atoms with Crippen molar-refractivity contribution in [3.8, 4) is 0 Å². The van der Waals surface area contributed by atoms with Crippen molar-refractivity contribution in [3.63, 3.8) is 0 Å². The Balaban J connectivity index is 4.26. The molecule has 0 aromatic rings. The first kappa shape index (κ1) is 59.4. The molecule has 3 N–H and O–H groups in total. The second-order valence-electron chi connectivity index (χ2n) is 17.5. The summed E-state index contributed by atoms with van der Waals surface area (Å²) in [5, 5.41) is 13.8. The Morgan fingerprint density at radius 3 is 1.42 bits per heavy atom. The number of aliphatic hydroxyl groups excluding tert-OH is 1. The van der Waals surface area contributed by atoms with E-state index in [1.54, 1.807) is 6.08 Å². The fourth-order valence-electron chi connectivity index (χ4n) is 6.43. The second kappa shape index (κ2) is 43.7. The van der Waals surface area contributed by atoms with Gasteiger partial charge < -0.3 is 19.8 Å². The summed E-state index contributed by atoms with van der Waals surface area (Å²) in [6.07, 6.45) is 62.0. The first-order valence-electron chi connectivity index (χ1n) is 24.6. The Bertz CT molecular complexity index is 1330. The molecule has 9 heteroatoms. The molecule has 356 valence electrons. The maximum atomic E-state index is 12.9. The number of phosphoric ester groups is 1. The summed E-state index contributed by atoms with van der Waals surface area (Å²) >= 11 is 0. The van der Waals surface area contributed by atoms with Crippen molar-refractivity contribution in [2.75, 3.05) is 40.9 Å². The zero-order valence-corrected chi connectivity index (χ0v) is 41.2. The zero-order chi connectivity index (χ0) is 45.7. The normalized spacial score (nSPS) is 15.0. The van der Waals surface area contributed by atoms with E-state index in [1.807, 2.05) is 27.2 Å². The molecule has 0 radical (unpaired) electrons. The van der Waals surface area contributed by atoms with E-state index in [2.05, 4.69) is 104 Å². The molecule has 0 aromatic heterocycles. The number of phosphoric acid groups is 1. The first-order valence-corrected chi connectivity index (χ1v) is 26.1. The minimum absolute atomic E-state index is 0.0538. The summed E-state index contributed by atoms with van der Waals surface area (Å²) in [7, 11) is 1.55. The van der Waals surface area contributed by atoms with Gasteiger partial charge in [0.1, 0.15) is 13.2 Å². The lowest BCUT2D eigenvalue weighted by molar-refractivity contribution is -0.870. The fraction of sp³-hybridized carbons (Fsp3) is 0.679. The van der Waals surface area contributed by atoms with E-state index < -0.39 is 20.0 Å². The number of hydrogen-bond donors (Lipinski definition) is 3. The molecule has 8 nitrogen and oxygen atoms in total. The number of unbranched alkanes of at least 4 members (excludes halogenated alkanes) is 16. The molecular formula is C53H94N2O6P+. The Morgan fingerprint density at radius 2 is 0.968 bits per heavy atom. The minimum Gasteiger partial charge on any atom is -0.387 e. The van der Waals surface area contributed by atoms with Crippen LogP contribution in [-0.2, 0) is 18.4 Å². The third-order valence-electron chi connectivity index (χ3n) is 10.3. The quantitative estimate of drug-likeness (QED) is 0.0244. The van der Waals surface area contributed by atoms with Crippen molar-refractivity contribution in [3.05, 3.63) is 97.2 Å². The van der Waals surface area contributed by atoms with Crippen LogP contribution in [0.3, 0.4) is 0 Å². The number of amides is 1. The molecule has 0 spiro atoms. The number of carbonyl (C=O) groups is 1. The molecule has 62 heavy (non-hydrogen) atoms. The molecule has 0 heterocycles. The fourth-order valence-corrected chi connectivity index (χ4v) is 7.17. The van der Waals surface area contributed by atoms with Crippen molar-refractivity contribution >= 4 is 13.7 Å². The van der Waals surface area contributed by atoms with E-state index in [4.69, 9.17) is 9.05 Å². The zero-order valence-electron chi connectivity index (χ0n) is 40.3. The van der Waals surface area contributed by atoms with Crippen LogP contribution >= 0.6 is 7.82 Å². The van der Waals surface area contributed by atoms with Crippen molar-refractivity contribution in [1.82, 2.24) is 5.32 Å². The minimum atomic E-state index is -4.35. The molecule has 3 unspecified atom stereocenters. The number of allylic oxidation sites excluding steroid dienone is 15. The van der Waals surface area contributed by atoms with E-state index in [1.165, 1.54) is 64.2 Å². The first-order chi connectivity index (χ1) is 30.0. The van der Waals surface area contributed by atoms with Gasteiger partial charge in [-0.3, -0.25) is 13.8 Å². The highest BCUT2D eigenvalue weighted by Crippen LogP contribution is 2.43. The van der Waals surface area contributed by atoms with Crippen LogP contribution in [-0.4, -0.2) is 73.4 Å². The summed E-state index contributed by atoms with van der Waals surface area (Å²) in [4.78, 5) is 23.1. The number of aliphatic hydroxyl groups is 1. The average molecular weight is 886 g/mol. The molecule has 0 bridgehead atoms. The van der Waals surface area contributed by atoms with E-state index in [-0.39, 0.29) is 19.1 Å². The van der Waals surface area contributed by atoms with Gasteiger partial charge in [0.05, 0.1) is 39.9 Å². The molecular weight excluding hydrogens is 792 g/mol. The second-order valence-corrected chi connectivity index (χ2v) is 18.9. The number of likely N-dealkylation sites (N-methyl/N-ethyl adjacent to an activating group) is 1. The van der Waals surface area contributed by atoms with Crippen LogP contribution in [0.2, 0.25) is 0 Å². The van der Waals surface area contributed by atoms with Gasteiger partial charge >= 0.3 is 7.82 Å². The molecule has 0 aliphatic carbocycles. The topological polar surface area (TPSA) is 105 Å². The highest BCUT2D eigenvalue weighted by atomic mass is 31.2. The van der Waals surface area contributed by atoms with E-state index in [0.717, 1.165) is 96.3 Å². The summed E-state index contributed by atoms with van der Waals surface area (Å²) in [6.45, 7) is 4.65. The molecule has 0 aliphatic rings. The third-order valence-corrected chi connectivity index (χ3v) is 11.3. The lowest BCUT2D eigenvalue weighted by Crippen LogP contribution is -2.45. The molecule has 3 atom stereocenters. The van der Waals surface area contributed by atoms with Crippen molar-refractivity contribution in [2.24, 2.45) is 0 Å². The summed E-state index contributed by atoms with van der Waals surface area (Å²) in [5.74, 6) is -0.195. The number of carbonyl (C=O) groups excluding carboxylic acids is 1. The van der Waals surface area contributed by atoms with Crippen LogP contribution in [0.4, 0.5) is 0 Å². The van der Waals surface area contributed by atoms with Gasteiger partial charge in [-0.2, -0.15) is 0 Å². The SMILES string of the molecule is CC/C=C\C/C=C\C/C=C\C/C=C\C/C=C\C/C=C\C/C=C\CCCCCCCCCC(=O)NC(COP(=O)(O)OCC[N+](C)(C)C)C(O)/C=C/CCCCCCCCCCC. The van der Waals surface area contributed by atoms with Crippen LogP contribution in [0.25, 0.3) is 0 Å². The van der Waals surface area contributed by atoms with Crippen LogP contribution in [0.1, 0.15) is 181 Å². The number of nitrogens with one attached hydrogen (secondary N) is 1.